The van der Waals surface area contributed by atoms with Gasteiger partial charge in [-0.15, -0.1) is 45.9 Å². The Morgan fingerprint density at radius 3 is 1.22 bits per heavy atom. The van der Waals surface area contributed by atoms with Crippen LogP contribution in [0.2, 0.25) is 0 Å². The molecule has 0 aliphatic carbocycles. The van der Waals surface area contributed by atoms with Crippen LogP contribution in [-0.2, 0) is 22.4 Å². The second-order valence-electron chi connectivity index (χ2n) is 21.2. The number of rotatable bonds is 23. The number of nitrogen functional groups attached to an aromatic ring is 1. The van der Waals surface area contributed by atoms with Crippen molar-refractivity contribution < 1.29 is 36.6 Å². The molecule has 8 aromatic rings. The molecule has 0 radical (unpaired) electrons. The number of alkyl halides is 4. The number of carbonyl (C=O) groups is 2. The molecule has 0 spiro atoms. The lowest BCUT2D eigenvalue weighted by molar-refractivity contribution is -0.126. The van der Waals surface area contributed by atoms with Gasteiger partial charge in [0.2, 0.25) is 20.5 Å². The number of nitrogens with zero attached hydrogens (tertiary/aromatic N) is 17. The van der Waals surface area contributed by atoms with Crippen molar-refractivity contribution in [1.82, 2.24) is 71.0 Å². The van der Waals surface area contributed by atoms with E-state index in [2.05, 4.69) is 101 Å². The number of hydrogen-bond acceptors (Lipinski definition) is 28. The van der Waals surface area contributed by atoms with Crippen LogP contribution in [0.3, 0.4) is 0 Å². The number of aromatic nitrogens is 12. The first-order valence-electron chi connectivity index (χ1n) is 28.7. The van der Waals surface area contributed by atoms with Crippen molar-refractivity contribution in [2.24, 2.45) is 0 Å². The van der Waals surface area contributed by atoms with E-state index in [0.717, 1.165) is 120 Å². The molecular formula is C56H63F4N21O4S3. The van der Waals surface area contributed by atoms with Gasteiger partial charge in [-0.05, 0) is 104 Å². The number of ketones is 2. The Hall–Kier alpha value is -8.46. The van der Waals surface area contributed by atoms with Gasteiger partial charge in [-0.25, -0.2) is 0 Å². The Morgan fingerprint density at radius 2 is 0.886 bits per heavy atom. The molecular weight excluding hydrogens is 1200 g/mol. The number of ether oxygens (including phenoxy) is 2. The van der Waals surface area contributed by atoms with Crippen LogP contribution < -0.4 is 45.9 Å². The summed E-state index contributed by atoms with van der Waals surface area (Å²) in [5, 5.41) is 62.8. The first-order valence-corrected chi connectivity index (χ1v) is 31.1. The van der Waals surface area contributed by atoms with Crippen molar-refractivity contribution in [3.8, 4) is 11.5 Å². The monoisotopic (exact) mass is 1270 g/mol. The van der Waals surface area contributed by atoms with E-state index < -0.39 is 25.3 Å². The molecule has 5 aliphatic rings. The maximum Gasteiger partial charge on any atom is 0.387 e. The summed E-state index contributed by atoms with van der Waals surface area (Å²) in [5.41, 5.74) is 6.84. The van der Waals surface area contributed by atoms with Crippen LogP contribution in [0.4, 0.5) is 55.5 Å². The standard InChI is InChI=1S/2C23H25F2N7O2S.C10H13N7S/c2*24-22(25)34-17-5-1-4-15(12-17)21(31-9-3-10-31)18(33)13-20-29-30-23(35-20)27-16-7-11-32(14-16)19-6-2-8-26-28-19;11-9-15-16-10(18-9)13-7-3-5-17(6-7)8-2-1-4-12-14-8/h2*1-2,4-6,8,12,16,21-22H,3,7,9-11,13-14H2,(H,27,30);1-2,4,7H,3,5-6H2,(H2,11,15)(H,13,16)/t16-,21+;16-,21-;7-/m111/s1. The largest absolute Gasteiger partial charge is 0.435 e. The summed E-state index contributed by atoms with van der Waals surface area (Å²) < 4.78 is 59.7. The second-order valence-corrected chi connectivity index (χ2v) is 24.3. The predicted molar refractivity (Wildman–Crippen MR) is 324 cm³/mol. The van der Waals surface area contributed by atoms with Gasteiger partial charge in [0.1, 0.15) is 21.5 Å². The zero-order chi connectivity index (χ0) is 60.8. The molecule has 32 heteroatoms. The van der Waals surface area contributed by atoms with Crippen molar-refractivity contribution in [1.29, 1.82) is 0 Å². The topological polar surface area (TPSA) is 286 Å². The summed E-state index contributed by atoms with van der Waals surface area (Å²) >= 11 is 4.10. The van der Waals surface area contributed by atoms with Gasteiger partial charge >= 0.3 is 13.2 Å². The molecule has 5 saturated heterocycles. The second kappa shape index (κ2) is 29.5. The molecule has 0 amide bonds. The van der Waals surface area contributed by atoms with E-state index in [4.69, 9.17) is 5.73 Å². The number of nitrogens with one attached hydrogen (secondary N) is 3. The molecule has 11 heterocycles. The summed E-state index contributed by atoms with van der Waals surface area (Å²) in [7, 11) is 0. The molecule has 5 N–H and O–H groups in total. The van der Waals surface area contributed by atoms with Gasteiger partial charge in [0, 0.05) is 102 Å². The Bertz CT molecular complexity index is 3330. The lowest BCUT2D eigenvalue weighted by Crippen LogP contribution is -2.44. The van der Waals surface area contributed by atoms with Crippen LogP contribution in [0, 0.1) is 0 Å². The van der Waals surface area contributed by atoms with Gasteiger partial charge in [-0.1, -0.05) is 58.3 Å². The molecule has 5 fully saturated rings. The molecule has 0 bridgehead atoms. The first kappa shape index (κ1) is 61.2. The van der Waals surface area contributed by atoms with Crippen LogP contribution in [0.1, 0.15) is 65.3 Å². The molecule has 2 aromatic carbocycles. The van der Waals surface area contributed by atoms with E-state index in [0.29, 0.717) is 42.6 Å². The number of Topliss-reactive ketones (excluding diaryl/α,β-unsaturated/α-hetero) is 2. The zero-order valence-electron chi connectivity index (χ0n) is 47.4. The van der Waals surface area contributed by atoms with Crippen LogP contribution in [0.5, 0.6) is 11.5 Å². The van der Waals surface area contributed by atoms with Gasteiger partial charge in [0.25, 0.3) is 0 Å². The fourth-order valence-electron chi connectivity index (χ4n) is 10.8. The molecule has 6 aromatic heterocycles. The highest BCUT2D eigenvalue weighted by Crippen LogP contribution is 2.34. The smallest absolute Gasteiger partial charge is 0.387 e. The lowest BCUT2D eigenvalue weighted by Gasteiger charge is -2.37. The van der Waals surface area contributed by atoms with Crippen molar-refractivity contribution >= 4 is 83.6 Å². The molecule has 88 heavy (non-hydrogen) atoms. The Morgan fingerprint density at radius 1 is 0.500 bits per heavy atom. The van der Waals surface area contributed by atoms with Gasteiger partial charge in [0.05, 0.1) is 24.9 Å². The third-order valence-electron chi connectivity index (χ3n) is 15.1. The van der Waals surface area contributed by atoms with E-state index in [-0.39, 0.29) is 48.0 Å². The summed E-state index contributed by atoms with van der Waals surface area (Å²) in [5.74, 6) is 2.61. The number of nitrogens with two attached hydrogens (primary N) is 1. The third kappa shape index (κ3) is 16.6. The maximum absolute atomic E-state index is 13.3. The van der Waals surface area contributed by atoms with E-state index in [9.17, 15) is 27.2 Å². The highest BCUT2D eigenvalue weighted by Gasteiger charge is 2.35. The molecule has 13 rings (SSSR count). The van der Waals surface area contributed by atoms with Crippen LogP contribution in [-0.4, -0.2) is 179 Å². The number of hydrogen-bond donors (Lipinski definition) is 4. The average molecular weight is 1270 g/mol. The highest BCUT2D eigenvalue weighted by atomic mass is 32.1. The summed E-state index contributed by atoms with van der Waals surface area (Å²) in [6, 6.07) is 23.9. The van der Waals surface area contributed by atoms with Gasteiger partial charge in [-0.3, -0.25) is 19.4 Å². The molecule has 462 valence electrons. The number of anilines is 7. The van der Waals surface area contributed by atoms with E-state index in [1.54, 1.807) is 42.9 Å². The quantitative estimate of drug-likeness (QED) is 0.0471. The van der Waals surface area contributed by atoms with Crippen molar-refractivity contribution in [3.05, 3.63) is 125 Å². The number of benzene rings is 2. The Labute approximate surface area is 515 Å². The van der Waals surface area contributed by atoms with Crippen molar-refractivity contribution in [2.75, 3.05) is 102 Å². The van der Waals surface area contributed by atoms with Gasteiger partial charge in [-0.2, -0.15) is 32.9 Å². The highest BCUT2D eigenvalue weighted by molar-refractivity contribution is 7.18. The average Bonchev–Trinajstić information content (AvgIpc) is 2.29. The van der Waals surface area contributed by atoms with Crippen molar-refractivity contribution in [3.63, 3.8) is 0 Å². The number of carbonyl (C=O) groups excluding carboxylic acids is 2. The van der Waals surface area contributed by atoms with Gasteiger partial charge < -0.3 is 45.9 Å². The molecule has 0 saturated carbocycles. The van der Waals surface area contributed by atoms with E-state index in [1.165, 1.54) is 58.3 Å². The number of likely N-dealkylation sites (tertiary alicyclic amines) is 2. The fraction of sp³-hybridized carbons (Fsp3) is 0.429. The summed E-state index contributed by atoms with van der Waals surface area (Å²) in [6.07, 6.45) is 10.1. The SMILES string of the molecule is Nc1nnc(N[C@@H]2CCN(c3cccnn3)C2)s1.O=C(Cc1nnc(N[C@@H]2CCN(c3cccnn3)C2)s1)[C@@H](c1cccc(OC(F)F)c1)N1CCC1.O=C(Cc1nnc(N[C@@H]2CCN(c3cccnn3)C2)s1)[C@H](c1cccc(OC(F)F)c1)N1CCC1. The fourth-order valence-corrected chi connectivity index (χ4v) is 13.1. The predicted octanol–water partition coefficient (Wildman–Crippen LogP) is 6.96. The van der Waals surface area contributed by atoms with E-state index in [1.807, 2.05) is 46.2 Å². The van der Waals surface area contributed by atoms with Crippen LogP contribution in [0.15, 0.2) is 104 Å². The van der Waals surface area contributed by atoms with Gasteiger partial charge in [0.15, 0.2) is 29.0 Å². The minimum Gasteiger partial charge on any atom is -0.435 e. The molecule has 25 nitrogen and oxygen atoms in total. The van der Waals surface area contributed by atoms with E-state index >= 15 is 0 Å². The normalized spacial score (nSPS) is 19.0. The summed E-state index contributed by atoms with van der Waals surface area (Å²) in [4.78, 5) is 37.2. The maximum atomic E-state index is 13.3. The van der Waals surface area contributed by atoms with Crippen LogP contribution in [0.25, 0.3) is 0 Å². The third-order valence-corrected chi connectivity index (χ3v) is 17.5. The minimum atomic E-state index is -2.91. The first-order chi connectivity index (χ1) is 42.9. The minimum absolute atomic E-state index is 0.0451. The molecule has 0 unspecified atom stereocenters. The van der Waals surface area contributed by atoms with Crippen LogP contribution >= 0.6 is 34.0 Å². The zero-order valence-corrected chi connectivity index (χ0v) is 49.9. The Balaban J connectivity index is 0.000000144. The lowest BCUT2D eigenvalue weighted by atomic mass is 9.96. The Kier molecular flexibility index (Phi) is 20.5. The molecule has 5 aliphatic heterocycles. The molecule has 5 atom stereocenters. The van der Waals surface area contributed by atoms with Crippen molar-refractivity contribution in [2.45, 2.75) is 88.4 Å². The number of halogens is 4. The summed E-state index contributed by atoms with van der Waals surface area (Å²) in [6.45, 7) is 2.44.